The van der Waals surface area contributed by atoms with Gasteiger partial charge in [-0.05, 0) is 29.8 Å². The Morgan fingerprint density at radius 1 is 1.33 bits per heavy atom. The van der Waals surface area contributed by atoms with Crippen LogP contribution in [-0.2, 0) is 19.5 Å². The van der Waals surface area contributed by atoms with Crippen molar-refractivity contribution in [2.75, 3.05) is 12.8 Å². The maximum absolute atomic E-state index is 12.3. The predicted octanol–water partition coefficient (Wildman–Crippen LogP) is 3.84. The molecule has 1 aliphatic heterocycles. The molecule has 3 aromatic rings. The second-order valence-corrected chi connectivity index (χ2v) is 8.62. The maximum atomic E-state index is 12.3. The molecule has 0 saturated carbocycles. The molecule has 4 nitrogen and oxygen atoms in total. The Hall–Kier alpha value is -1.41. The second-order valence-electron chi connectivity index (χ2n) is 5.70. The van der Waals surface area contributed by atoms with Crippen molar-refractivity contribution < 1.29 is 0 Å². The summed E-state index contributed by atoms with van der Waals surface area (Å²) in [5.41, 5.74) is 1.80. The van der Waals surface area contributed by atoms with Crippen molar-refractivity contribution >= 4 is 34.4 Å². The number of thioether (sulfide) groups is 1. The highest BCUT2D eigenvalue weighted by molar-refractivity contribution is 7.98. The molecule has 0 aromatic carbocycles. The molecule has 0 radical (unpaired) electrons. The summed E-state index contributed by atoms with van der Waals surface area (Å²) < 4.78 is 0. The van der Waals surface area contributed by atoms with Gasteiger partial charge >= 0.3 is 0 Å². The number of H-pyrrole nitrogens is 1. The fourth-order valence-electron chi connectivity index (χ4n) is 2.92. The normalized spacial score (nSPS) is 14.7. The monoisotopic (exact) mass is 375 g/mol. The van der Waals surface area contributed by atoms with Gasteiger partial charge in [0.15, 0.2) is 5.16 Å². The molecule has 0 fully saturated rings. The third-order valence-corrected chi connectivity index (χ3v) is 6.84. The third kappa shape index (κ3) is 3.21. The number of rotatable bonds is 4. The molecular weight excluding hydrogens is 358 g/mol. The quantitative estimate of drug-likeness (QED) is 0.556. The summed E-state index contributed by atoms with van der Waals surface area (Å²) in [4.78, 5) is 26.0. The van der Waals surface area contributed by atoms with E-state index in [0.717, 1.165) is 30.8 Å². The number of hydrogen-bond acceptors (Lipinski definition) is 6. The molecule has 4 heterocycles. The molecule has 0 aliphatic carbocycles. The van der Waals surface area contributed by atoms with Crippen LogP contribution in [0.15, 0.2) is 39.6 Å². The van der Waals surface area contributed by atoms with Crippen molar-refractivity contribution in [3.63, 3.8) is 0 Å². The van der Waals surface area contributed by atoms with Crippen molar-refractivity contribution in [1.29, 1.82) is 0 Å². The van der Waals surface area contributed by atoms with Crippen LogP contribution in [-0.4, -0.2) is 27.7 Å². The molecule has 3 aromatic heterocycles. The smallest absolute Gasteiger partial charge is 0.256 e. The Labute approximate surface area is 152 Å². The number of thiophene rings is 2. The van der Waals surface area contributed by atoms with Crippen LogP contribution >= 0.6 is 34.4 Å². The van der Waals surface area contributed by atoms with Crippen molar-refractivity contribution in [3.8, 4) is 9.75 Å². The lowest BCUT2D eigenvalue weighted by Gasteiger charge is -2.27. The van der Waals surface area contributed by atoms with E-state index in [1.165, 1.54) is 26.4 Å². The van der Waals surface area contributed by atoms with Gasteiger partial charge in [-0.3, -0.25) is 9.69 Å². The number of aromatic nitrogens is 2. The predicted molar refractivity (Wildman–Crippen MR) is 102 cm³/mol. The molecular formula is C17H17N3OS3. The molecule has 1 N–H and O–H groups in total. The van der Waals surface area contributed by atoms with Gasteiger partial charge in [-0.2, -0.15) is 0 Å². The second kappa shape index (κ2) is 6.84. The Bertz CT molecular complexity index is 898. The standard InChI is InChI=1S/C17H17N3OS3/c1-22-17-18-13-6-7-20(10-12(13)16(21)19-17)9-11-4-5-15(24-11)14-3-2-8-23-14/h2-5,8H,6-7,9-10H2,1H3,(H,18,19,21). The summed E-state index contributed by atoms with van der Waals surface area (Å²) in [5, 5.41) is 2.82. The maximum Gasteiger partial charge on any atom is 0.256 e. The molecule has 0 atom stereocenters. The molecule has 124 valence electrons. The van der Waals surface area contributed by atoms with Gasteiger partial charge in [-0.25, -0.2) is 4.98 Å². The average molecular weight is 376 g/mol. The summed E-state index contributed by atoms with van der Waals surface area (Å²) >= 11 is 5.10. The number of nitrogens with one attached hydrogen (secondary N) is 1. The highest BCUT2D eigenvalue weighted by Crippen LogP contribution is 2.32. The minimum Gasteiger partial charge on any atom is -0.301 e. The van der Waals surface area contributed by atoms with E-state index in [-0.39, 0.29) is 5.56 Å². The van der Waals surface area contributed by atoms with Crippen molar-refractivity contribution in [2.45, 2.75) is 24.7 Å². The van der Waals surface area contributed by atoms with Crippen LogP contribution in [0.3, 0.4) is 0 Å². The zero-order chi connectivity index (χ0) is 16.5. The minimum atomic E-state index is 0.0134. The highest BCUT2D eigenvalue weighted by Gasteiger charge is 2.21. The van der Waals surface area contributed by atoms with Gasteiger partial charge in [0.1, 0.15) is 0 Å². The molecule has 24 heavy (non-hydrogen) atoms. The molecule has 7 heteroatoms. The number of nitrogens with zero attached hydrogens (tertiary/aromatic N) is 2. The van der Waals surface area contributed by atoms with E-state index in [2.05, 4.69) is 44.5 Å². The summed E-state index contributed by atoms with van der Waals surface area (Å²) in [6.07, 6.45) is 2.78. The lowest BCUT2D eigenvalue weighted by atomic mass is 10.1. The van der Waals surface area contributed by atoms with Crippen LogP contribution in [0.4, 0.5) is 0 Å². The van der Waals surface area contributed by atoms with Gasteiger partial charge in [0.2, 0.25) is 0 Å². The molecule has 0 saturated heterocycles. The van der Waals surface area contributed by atoms with Crippen LogP contribution in [0.2, 0.25) is 0 Å². The first kappa shape index (κ1) is 16.1. The van der Waals surface area contributed by atoms with Crippen LogP contribution in [0.5, 0.6) is 0 Å². The Morgan fingerprint density at radius 2 is 2.25 bits per heavy atom. The Morgan fingerprint density at radius 3 is 3.04 bits per heavy atom. The van der Waals surface area contributed by atoms with Gasteiger partial charge in [0, 0.05) is 40.7 Å². The SMILES string of the molecule is CSc1nc2c(c(=O)[nH]1)CN(Cc1ccc(-c3cccs3)s1)CC2. The first-order chi connectivity index (χ1) is 11.7. The highest BCUT2D eigenvalue weighted by atomic mass is 32.2. The van der Waals surface area contributed by atoms with E-state index < -0.39 is 0 Å². The average Bonchev–Trinajstić information content (AvgIpc) is 3.26. The molecule has 0 unspecified atom stereocenters. The zero-order valence-corrected chi connectivity index (χ0v) is 15.7. The zero-order valence-electron chi connectivity index (χ0n) is 13.2. The summed E-state index contributed by atoms with van der Waals surface area (Å²) in [6, 6.07) is 8.65. The summed E-state index contributed by atoms with van der Waals surface area (Å²) in [5.74, 6) is 0. The molecule has 1 aliphatic rings. The first-order valence-corrected chi connectivity index (χ1v) is 10.7. The fourth-order valence-corrected chi connectivity index (χ4v) is 5.21. The van der Waals surface area contributed by atoms with E-state index in [0.29, 0.717) is 11.7 Å². The first-order valence-electron chi connectivity index (χ1n) is 7.74. The van der Waals surface area contributed by atoms with Gasteiger partial charge in [-0.1, -0.05) is 17.8 Å². The third-order valence-electron chi connectivity index (χ3n) is 4.12. The van der Waals surface area contributed by atoms with Crippen molar-refractivity contribution in [2.24, 2.45) is 0 Å². The molecule has 0 spiro atoms. The van der Waals surface area contributed by atoms with E-state index in [4.69, 9.17) is 0 Å². The molecule has 4 rings (SSSR count). The van der Waals surface area contributed by atoms with Crippen LogP contribution in [0.1, 0.15) is 16.1 Å². The van der Waals surface area contributed by atoms with Crippen LogP contribution < -0.4 is 5.56 Å². The van der Waals surface area contributed by atoms with Crippen LogP contribution in [0, 0.1) is 0 Å². The lowest BCUT2D eigenvalue weighted by molar-refractivity contribution is 0.243. The molecule has 0 bridgehead atoms. The topological polar surface area (TPSA) is 49.0 Å². The number of hydrogen-bond donors (Lipinski definition) is 1. The van der Waals surface area contributed by atoms with E-state index in [1.54, 1.807) is 11.3 Å². The van der Waals surface area contributed by atoms with Crippen LogP contribution in [0.25, 0.3) is 9.75 Å². The van der Waals surface area contributed by atoms with Gasteiger partial charge in [0.05, 0.1) is 11.3 Å². The minimum absolute atomic E-state index is 0.0134. The number of fused-ring (bicyclic) bond motifs is 1. The van der Waals surface area contributed by atoms with Crippen molar-refractivity contribution in [1.82, 2.24) is 14.9 Å². The fraction of sp³-hybridized carbons (Fsp3) is 0.294. The Kier molecular flexibility index (Phi) is 4.58. The van der Waals surface area contributed by atoms with E-state index >= 15 is 0 Å². The molecule has 0 amide bonds. The summed E-state index contributed by atoms with van der Waals surface area (Å²) in [6.45, 7) is 2.52. The number of aromatic amines is 1. The van der Waals surface area contributed by atoms with E-state index in [9.17, 15) is 4.79 Å². The lowest BCUT2D eigenvalue weighted by Crippen LogP contribution is -2.35. The van der Waals surface area contributed by atoms with E-state index in [1.807, 2.05) is 17.6 Å². The van der Waals surface area contributed by atoms with Gasteiger partial charge < -0.3 is 4.98 Å². The Balaban J connectivity index is 1.50. The largest absolute Gasteiger partial charge is 0.301 e. The van der Waals surface area contributed by atoms with Gasteiger partial charge in [0.25, 0.3) is 5.56 Å². The summed E-state index contributed by atoms with van der Waals surface area (Å²) in [7, 11) is 0. The van der Waals surface area contributed by atoms with Crippen molar-refractivity contribution in [3.05, 3.63) is 56.1 Å². The van der Waals surface area contributed by atoms with Gasteiger partial charge in [-0.15, -0.1) is 22.7 Å².